The van der Waals surface area contributed by atoms with E-state index in [0.29, 0.717) is 54.2 Å². The zero-order valence-electron chi connectivity index (χ0n) is 30.9. The summed E-state index contributed by atoms with van der Waals surface area (Å²) in [6.07, 6.45) is 2.77. The van der Waals surface area contributed by atoms with Crippen molar-refractivity contribution in [1.82, 2.24) is 20.0 Å². The van der Waals surface area contributed by atoms with Gasteiger partial charge in [0.2, 0.25) is 0 Å². The Labute approximate surface area is 292 Å². The van der Waals surface area contributed by atoms with E-state index in [2.05, 4.69) is 50.5 Å². The van der Waals surface area contributed by atoms with Crippen LogP contribution in [-0.2, 0) is 9.16 Å². The van der Waals surface area contributed by atoms with Crippen LogP contribution in [0.5, 0.6) is 5.75 Å². The van der Waals surface area contributed by atoms with Crippen LogP contribution in [-0.4, -0.2) is 85.1 Å². The van der Waals surface area contributed by atoms with Crippen LogP contribution < -0.4 is 9.64 Å². The number of likely N-dealkylation sites (N-methyl/N-ethyl adjacent to an activating group) is 1. The minimum absolute atomic E-state index is 0.0347. The van der Waals surface area contributed by atoms with Crippen molar-refractivity contribution in [2.24, 2.45) is 0 Å². The summed E-state index contributed by atoms with van der Waals surface area (Å²) in [5.74, 6) is 2.48. The highest BCUT2D eigenvalue weighted by atomic mass is 28.4. The number of ether oxygens (including phenoxy) is 2. The number of rotatable bonds is 11. The Morgan fingerprint density at radius 3 is 2.47 bits per heavy atom. The molecule has 1 N–H and O–H groups in total. The Morgan fingerprint density at radius 2 is 1.86 bits per heavy atom. The molecule has 0 spiro atoms. The molecule has 11 nitrogen and oxygen atoms in total. The largest absolute Gasteiger partial charge is 0.491 e. The highest BCUT2D eigenvalue weighted by Gasteiger charge is 2.40. The normalized spacial score (nSPS) is 15.4. The van der Waals surface area contributed by atoms with Crippen molar-refractivity contribution >= 4 is 25.9 Å². The fourth-order valence-electron chi connectivity index (χ4n) is 5.16. The molecule has 2 aromatic heterocycles. The second kappa shape index (κ2) is 14.7. The number of aryl methyl sites for hydroxylation is 2. The van der Waals surface area contributed by atoms with E-state index < -0.39 is 26.1 Å². The van der Waals surface area contributed by atoms with Gasteiger partial charge in [-0.2, -0.15) is 0 Å². The molecule has 0 saturated carbocycles. The number of amides is 1. The van der Waals surface area contributed by atoms with Crippen LogP contribution in [0.4, 0.5) is 10.6 Å². The van der Waals surface area contributed by atoms with Gasteiger partial charge in [-0.3, -0.25) is 0 Å². The summed E-state index contributed by atoms with van der Waals surface area (Å²) >= 11 is 0. The van der Waals surface area contributed by atoms with Crippen LogP contribution in [0.2, 0.25) is 18.1 Å². The van der Waals surface area contributed by atoms with Crippen molar-refractivity contribution in [3.63, 3.8) is 0 Å². The first-order chi connectivity index (χ1) is 22.8. The predicted octanol–water partition coefficient (Wildman–Crippen LogP) is 8.00. The van der Waals surface area contributed by atoms with E-state index in [9.17, 15) is 4.79 Å². The first kappa shape index (κ1) is 37.5. The summed E-state index contributed by atoms with van der Waals surface area (Å²) in [4.78, 5) is 26.4. The van der Waals surface area contributed by atoms with Crippen molar-refractivity contribution in [2.75, 3.05) is 38.2 Å². The first-order valence-corrected chi connectivity index (χ1v) is 19.5. The molecule has 4 rings (SSSR count). The van der Waals surface area contributed by atoms with Gasteiger partial charge in [0.1, 0.15) is 29.5 Å². The molecule has 1 aromatic carbocycles. The lowest BCUT2D eigenvalue weighted by Crippen LogP contribution is -2.49. The molecule has 3 aromatic rings. The van der Waals surface area contributed by atoms with Crippen LogP contribution in [0.25, 0.3) is 22.6 Å². The lowest BCUT2D eigenvalue weighted by molar-refractivity contribution is 0.0172. The van der Waals surface area contributed by atoms with Gasteiger partial charge in [0, 0.05) is 25.2 Å². The maximum atomic E-state index is 12.9. The number of aromatic nitrogens is 3. The van der Waals surface area contributed by atoms with E-state index in [0.717, 1.165) is 22.4 Å². The summed E-state index contributed by atoms with van der Waals surface area (Å²) in [5, 5.41) is 12.6. The van der Waals surface area contributed by atoms with E-state index >= 15 is 0 Å². The Balaban J connectivity index is 1.65. The van der Waals surface area contributed by atoms with Crippen LogP contribution in [0.3, 0.4) is 0 Å². The van der Waals surface area contributed by atoms with Gasteiger partial charge in [-0.05, 0) is 70.5 Å². The Hall–Kier alpha value is -4.29. The van der Waals surface area contributed by atoms with Crippen LogP contribution in [0.1, 0.15) is 53.0 Å². The number of carbonyl (C=O) groups is 1. The maximum absolute atomic E-state index is 12.9. The number of carbonyl (C=O) groups excluding carboxylic acids is 1. The molecule has 1 aliphatic heterocycles. The topological polar surface area (TPSA) is 127 Å². The van der Waals surface area contributed by atoms with Crippen molar-refractivity contribution in [1.29, 1.82) is 5.41 Å². The monoisotopic (exact) mass is 688 g/mol. The molecule has 1 saturated heterocycles. The molecule has 1 amide bonds. The van der Waals surface area contributed by atoms with Crippen LogP contribution in [0, 0.1) is 19.3 Å². The molecule has 12 heteroatoms. The quantitative estimate of drug-likeness (QED) is 0.199. The average molecular weight is 689 g/mol. The summed E-state index contributed by atoms with van der Waals surface area (Å²) in [5.41, 5.74) is 3.81. The standard InChI is InChI=1S/C37H52N6O5Si/c1-13-15-27-20-43(22-30(27)38)32-19-31(33-24(2)41-47-25(33)3)39-34(40-32)26-16-14-17-28(18-26)45-23-29(48-49(11,12)37(7,8)9)21-42(10)35(44)46-36(4,5)6/h13-19,29,38H,1,20-23H2,2-12H3/b27-15-,38-30?/t29-/m1/s1. The predicted molar refractivity (Wildman–Crippen MR) is 197 cm³/mol. The number of anilines is 1. The average Bonchev–Trinajstić information content (AvgIpc) is 3.54. The summed E-state index contributed by atoms with van der Waals surface area (Å²) in [7, 11) is -0.498. The number of nitrogens with zero attached hydrogens (tertiary/aromatic N) is 5. The van der Waals surface area contributed by atoms with E-state index in [1.807, 2.05) is 71.0 Å². The van der Waals surface area contributed by atoms with Gasteiger partial charge >= 0.3 is 6.09 Å². The zero-order chi connectivity index (χ0) is 36.3. The zero-order valence-corrected chi connectivity index (χ0v) is 31.9. The van der Waals surface area contributed by atoms with Gasteiger partial charge in [0.25, 0.3) is 0 Å². The number of nitrogens with one attached hydrogen (secondary N) is 1. The van der Waals surface area contributed by atoms with E-state index in [1.165, 1.54) is 0 Å². The molecule has 1 aliphatic rings. The molecule has 0 bridgehead atoms. The molecule has 0 unspecified atom stereocenters. The SMILES string of the molecule is C=C/C=C1/CN(c2cc(-c3c(C)noc3C)nc(-c3cccc(OC[C@@H](CN(C)C(=O)OC(C)(C)C)O[Si](C)(C)C(C)(C)C)c3)n2)CC1=N. The molecular formula is C37H52N6O5Si. The van der Waals surface area contributed by atoms with E-state index in [1.54, 1.807) is 18.0 Å². The van der Waals surface area contributed by atoms with Gasteiger partial charge in [0.15, 0.2) is 14.1 Å². The lowest BCUT2D eigenvalue weighted by Gasteiger charge is -2.40. The smallest absolute Gasteiger partial charge is 0.410 e. The number of benzene rings is 1. The first-order valence-electron chi connectivity index (χ1n) is 16.6. The third-order valence-corrected chi connectivity index (χ3v) is 13.3. The van der Waals surface area contributed by atoms with Crippen molar-refractivity contribution in [3.05, 3.63) is 66.1 Å². The van der Waals surface area contributed by atoms with Gasteiger partial charge in [0.05, 0.1) is 41.9 Å². The molecule has 0 aliphatic carbocycles. The summed E-state index contributed by atoms with van der Waals surface area (Å²) < 4.78 is 24.2. The van der Waals surface area contributed by atoms with Crippen LogP contribution >= 0.6 is 0 Å². The van der Waals surface area contributed by atoms with Crippen molar-refractivity contribution < 1.29 is 23.2 Å². The summed E-state index contributed by atoms with van der Waals surface area (Å²) in [6.45, 7) is 25.5. The van der Waals surface area contributed by atoms with Gasteiger partial charge < -0.3 is 33.6 Å². The van der Waals surface area contributed by atoms with E-state index in [4.69, 9.17) is 33.8 Å². The third-order valence-electron chi connectivity index (χ3n) is 8.72. The van der Waals surface area contributed by atoms with Gasteiger partial charge in [-0.25, -0.2) is 14.8 Å². The molecular weight excluding hydrogens is 637 g/mol. The Morgan fingerprint density at radius 1 is 1.14 bits per heavy atom. The molecule has 1 atom stereocenters. The second-order valence-corrected chi connectivity index (χ2v) is 19.9. The Bertz CT molecular complexity index is 1700. The van der Waals surface area contributed by atoms with Gasteiger partial charge in [-0.1, -0.05) is 56.8 Å². The highest BCUT2D eigenvalue weighted by Crippen LogP contribution is 2.38. The fraction of sp³-hybridized carbons (Fsp3) is 0.486. The number of hydrogen-bond donors (Lipinski definition) is 1. The second-order valence-electron chi connectivity index (χ2n) is 15.1. The fourth-order valence-corrected chi connectivity index (χ4v) is 6.49. The number of hydrogen-bond acceptors (Lipinski definition) is 10. The molecule has 3 heterocycles. The van der Waals surface area contributed by atoms with Crippen LogP contribution in [0.15, 0.2) is 59.2 Å². The lowest BCUT2D eigenvalue weighted by atomic mass is 10.1. The van der Waals surface area contributed by atoms with E-state index in [-0.39, 0.29) is 11.6 Å². The maximum Gasteiger partial charge on any atom is 0.410 e. The Kier molecular flexibility index (Phi) is 11.2. The molecule has 1 fully saturated rings. The molecule has 0 radical (unpaired) electrons. The summed E-state index contributed by atoms with van der Waals surface area (Å²) in [6, 6.07) is 9.57. The number of allylic oxidation sites excluding steroid dienone is 2. The highest BCUT2D eigenvalue weighted by molar-refractivity contribution is 6.74. The van der Waals surface area contributed by atoms with Crippen molar-refractivity contribution in [2.45, 2.75) is 85.2 Å². The molecule has 49 heavy (non-hydrogen) atoms. The van der Waals surface area contributed by atoms with Gasteiger partial charge in [-0.15, -0.1) is 0 Å². The van der Waals surface area contributed by atoms with Crippen molar-refractivity contribution in [3.8, 4) is 28.4 Å². The minimum Gasteiger partial charge on any atom is -0.491 e. The minimum atomic E-state index is -2.22. The third kappa shape index (κ3) is 9.45. The molecule has 264 valence electrons.